The highest BCUT2D eigenvalue weighted by Crippen LogP contribution is 2.31. The Bertz CT molecular complexity index is 271. The minimum atomic E-state index is -0.0187. The first kappa shape index (κ1) is 12.6. The minimum absolute atomic E-state index is 0.0187. The second-order valence-electron chi connectivity index (χ2n) is 4.50. The SMILES string of the molecule is CS[C@@H](C(C)C)[C@H]1OC=C(C)C(=O)[C@H]1C. The first-order chi connectivity index (χ1) is 6.99. The summed E-state index contributed by atoms with van der Waals surface area (Å²) in [6.07, 6.45) is 3.73. The van der Waals surface area contributed by atoms with Gasteiger partial charge in [0.15, 0.2) is 5.78 Å². The van der Waals surface area contributed by atoms with E-state index < -0.39 is 0 Å². The van der Waals surface area contributed by atoms with E-state index in [2.05, 4.69) is 20.1 Å². The van der Waals surface area contributed by atoms with Crippen LogP contribution < -0.4 is 0 Å². The number of rotatable bonds is 3. The maximum atomic E-state index is 11.8. The Kier molecular flexibility index (Phi) is 4.26. The highest BCUT2D eigenvalue weighted by molar-refractivity contribution is 7.99. The zero-order valence-electron chi connectivity index (χ0n) is 10.1. The molecule has 1 heterocycles. The molecule has 0 spiro atoms. The van der Waals surface area contributed by atoms with Crippen LogP contribution in [0.3, 0.4) is 0 Å². The third kappa shape index (κ3) is 2.57. The number of Topliss-reactive ketones (excluding diaryl/α,β-unsaturated/α-hetero) is 1. The maximum absolute atomic E-state index is 11.8. The van der Waals surface area contributed by atoms with Gasteiger partial charge >= 0.3 is 0 Å². The van der Waals surface area contributed by atoms with E-state index in [-0.39, 0.29) is 17.8 Å². The smallest absolute Gasteiger partial charge is 0.168 e. The summed E-state index contributed by atoms with van der Waals surface area (Å²) in [5.41, 5.74) is 0.738. The van der Waals surface area contributed by atoms with Crippen LogP contribution >= 0.6 is 11.8 Å². The molecule has 86 valence electrons. The van der Waals surface area contributed by atoms with Gasteiger partial charge in [0.1, 0.15) is 6.10 Å². The van der Waals surface area contributed by atoms with Crippen molar-refractivity contribution >= 4 is 17.5 Å². The number of ketones is 1. The summed E-state index contributed by atoms with van der Waals surface area (Å²) in [4.78, 5) is 11.8. The van der Waals surface area contributed by atoms with E-state index >= 15 is 0 Å². The monoisotopic (exact) mass is 228 g/mol. The van der Waals surface area contributed by atoms with Crippen molar-refractivity contribution in [3.05, 3.63) is 11.8 Å². The average Bonchev–Trinajstić information content (AvgIpc) is 2.18. The first-order valence-corrected chi connectivity index (χ1v) is 6.67. The molecule has 1 aliphatic rings. The second kappa shape index (κ2) is 5.06. The predicted octanol–water partition coefficient (Wildman–Crippen LogP) is 2.88. The lowest BCUT2D eigenvalue weighted by Gasteiger charge is -2.34. The standard InChI is InChI=1S/C12H20O2S/c1-7(2)12(15-5)11-9(4)10(13)8(3)6-14-11/h6-7,9,11-12H,1-5H3/t9-,11+,12+/m1/s1. The van der Waals surface area contributed by atoms with Crippen molar-refractivity contribution in [2.75, 3.05) is 6.26 Å². The van der Waals surface area contributed by atoms with Crippen LogP contribution in [0.15, 0.2) is 11.8 Å². The molecule has 0 saturated carbocycles. The molecule has 1 aliphatic heterocycles. The van der Waals surface area contributed by atoms with Gasteiger partial charge in [-0.05, 0) is 19.1 Å². The summed E-state index contributed by atoms with van der Waals surface area (Å²) in [5, 5.41) is 0.383. The molecule has 0 aromatic rings. The van der Waals surface area contributed by atoms with Gasteiger partial charge in [0, 0.05) is 10.8 Å². The molecule has 0 unspecified atom stereocenters. The highest BCUT2D eigenvalue weighted by atomic mass is 32.2. The van der Waals surface area contributed by atoms with Crippen LogP contribution in [0.2, 0.25) is 0 Å². The summed E-state index contributed by atoms with van der Waals surface area (Å²) in [5.74, 6) is 0.729. The van der Waals surface area contributed by atoms with Crippen molar-refractivity contribution in [3.63, 3.8) is 0 Å². The van der Waals surface area contributed by atoms with Crippen LogP contribution in [-0.4, -0.2) is 23.4 Å². The van der Waals surface area contributed by atoms with Gasteiger partial charge in [0.05, 0.1) is 12.2 Å². The summed E-state index contributed by atoms with van der Waals surface area (Å²) in [6, 6.07) is 0. The lowest BCUT2D eigenvalue weighted by atomic mass is 9.88. The van der Waals surface area contributed by atoms with Gasteiger partial charge in [0.2, 0.25) is 0 Å². The van der Waals surface area contributed by atoms with Gasteiger partial charge in [-0.15, -0.1) is 0 Å². The van der Waals surface area contributed by atoms with Crippen molar-refractivity contribution in [1.82, 2.24) is 0 Å². The zero-order chi connectivity index (χ0) is 11.6. The van der Waals surface area contributed by atoms with Gasteiger partial charge in [0.25, 0.3) is 0 Å². The van der Waals surface area contributed by atoms with Gasteiger partial charge in [-0.25, -0.2) is 0 Å². The number of hydrogen-bond acceptors (Lipinski definition) is 3. The van der Waals surface area contributed by atoms with E-state index in [9.17, 15) is 4.79 Å². The number of ether oxygens (including phenoxy) is 1. The minimum Gasteiger partial charge on any atom is -0.496 e. The second-order valence-corrected chi connectivity index (χ2v) is 5.51. The lowest BCUT2D eigenvalue weighted by Crippen LogP contribution is -2.41. The van der Waals surface area contributed by atoms with Crippen molar-refractivity contribution in [2.45, 2.75) is 39.0 Å². The van der Waals surface area contributed by atoms with Crippen molar-refractivity contribution in [1.29, 1.82) is 0 Å². The van der Waals surface area contributed by atoms with Gasteiger partial charge in [-0.1, -0.05) is 20.8 Å². The van der Waals surface area contributed by atoms with Crippen molar-refractivity contribution in [2.24, 2.45) is 11.8 Å². The summed E-state index contributed by atoms with van der Waals surface area (Å²) in [6.45, 7) is 8.13. The Morgan fingerprint density at radius 1 is 1.47 bits per heavy atom. The molecule has 0 fully saturated rings. The predicted molar refractivity (Wildman–Crippen MR) is 64.9 cm³/mol. The highest BCUT2D eigenvalue weighted by Gasteiger charge is 2.36. The Morgan fingerprint density at radius 3 is 2.53 bits per heavy atom. The number of allylic oxidation sites excluding steroid dienone is 1. The zero-order valence-corrected chi connectivity index (χ0v) is 10.9. The van der Waals surface area contributed by atoms with Gasteiger partial charge in [-0.2, -0.15) is 11.8 Å². The van der Waals surface area contributed by atoms with Crippen molar-refractivity contribution in [3.8, 4) is 0 Å². The van der Waals surface area contributed by atoms with Crippen LogP contribution in [-0.2, 0) is 9.53 Å². The molecule has 2 nitrogen and oxygen atoms in total. The fraction of sp³-hybridized carbons (Fsp3) is 0.750. The maximum Gasteiger partial charge on any atom is 0.168 e. The number of carbonyl (C=O) groups excluding carboxylic acids is 1. The Labute approximate surface area is 96.5 Å². The van der Waals surface area contributed by atoms with Crippen LogP contribution in [0.1, 0.15) is 27.7 Å². The third-order valence-corrected chi connectivity index (χ3v) is 4.31. The molecule has 3 heteroatoms. The molecule has 0 aromatic heterocycles. The van der Waals surface area contributed by atoms with E-state index in [0.29, 0.717) is 11.2 Å². The average molecular weight is 228 g/mol. The molecule has 0 aromatic carbocycles. The Morgan fingerprint density at radius 2 is 2.07 bits per heavy atom. The fourth-order valence-corrected chi connectivity index (χ4v) is 3.12. The molecule has 1 rings (SSSR count). The van der Waals surface area contributed by atoms with Gasteiger partial charge in [-0.3, -0.25) is 4.79 Å². The fourth-order valence-electron chi connectivity index (χ4n) is 2.01. The molecule has 0 aliphatic carbocycles. The molecule has 0 N–H and O–H groups in total. The molecule has 0 amide bonds. The van der Waals surface area contributed by atoms with Crippen LogP contribution in [0.25, 0.3) is 0 Å². The lowest BCUT2D eigenvalue weighted by molar-refractivity contribution is -0.124. The quantitative estimate of drug-likeness (QED) is 0.743. The molecule has 0 radical (unpaired) electrons. The van der Waals surface area contributed by atoms with Crippen LogP contribution in [0.4, 0.5) is 0 Å². The number of thioether (sulfide) groups is 1. The Hall–Kier alpha value is -0.440. The topological polar surface area (TPSA) is 26.3 Å². The van der Waals surface area contributed by atoms with E-state index in [1.54, 1.807) is 18.0 Å². The summed E-state index contributed by atoms with van der Waals surface area (Å²) < 4.78 is 5.68. The van der Waals surface area contributed by atoms with Crippen LogP contribution in [0, 0.1) is 11.8 Å². The van der Waals surface area contributed by atoms with E-state index in [1.807, 2.05) is 13.8 Å². The Balaban J connectivity index is 2.84. The van der Waals surface area contributed by atoms with Crippen LogP contribution in [0.5, 0.6) is 0 Å². The molecule has 3 atom stereocenters. The molecule has 15 heavy (non-hydrogen) atoms. The largest absolute Gasteiger partial charge is 0.496 e. The molecule has 0 saturated heterocycles. The normalized spacial score (nSPS) is 28.7. The first-order valence-electron chi connectivity index (χ1n) is 5.38. The molecule has 0 bridgehead atoms. The van der Waals surface area contributed by atoms with Gasteiger partial charge < -0.3 is 4.74 Å². The number of carbonyl (C=O) groups is 1. The summed E-state index contributed by atoms with van der Waals surface area (Å²) >= 11 is 1.79. The third-order valence-electron chi connectivity index (χ3n) is 2.95. The number of hydrogen-bond donors (Lipinski definition) is 0. The van der Waals surface area contributed by atoms with E-state index in [4.69, 9.17) is 4.74 Å². The molecular formula is C12H20O2S. The van der Waals surface area contributed by atoms with E-state index in [0.717, 1.165) is 5.57 Å². The van der Waals surface area contributed by atoms with E-state index in [1.165, 1.54) is 0 Å². The molecular weight excluding hydrogens is 208 g/mol. The summed E-state index contributed by atoms with van der Waals surface area (Å²) in [7, 11) is 0. The van der Waals surface area contributed by atoms with Crippen molar-refractivity contribution < 1.29 is 9.53 Å².